The number of hydrogen-bond donors (Lipinski definition) is 3. The molecule has 0 bridgehead atoms. The Kier molecular flexibility index (Phi) is 9.97. The summed E-state index contributed by atoms with van der Waals surface area (Å²) < 4.78 is 29.2. The summed E-state index contributed by atoms with van der Waals surface area (Å²) in [6, 6.07) is 20.8. The van der Waals surface area contributed by atoms with E-state index in [2.05, 4.69) is 26.0 Å². The van der Waals surface area contributed by atoms with E-state index in [4.69, 9.17) is 0 Å². The van der Waals surface area contributed by atoms with Crippen LogP contribution in [0, 0.1) is 6.92 Å². The zero-order chi connectivity index (χ0) is 29.8. The van der Waals surface area contributed by atoms with Crippen molar-refractivity contribution in [2.75, 3.05) is 5.88 Å². The van der Waals surface area contributed by atoms with Gasteiger partial charge in [0.25, 0.3) is 5.91 Å². The number of aliphatic hydroxyl groups is 1. The van der Waals surface area contributed by atoms with Gasteiger partial charge in [0.15, 0.2) is 0 Å². The van der Waals surface area contributed by atoms with E-state index < -0.39 is 38.9 Å². The maximum absolute atomic E-state index is 13.8. The molecule has 3 aromatic rings. The van der Waals surface area contributed by atoms with Crippen LogP contribution in [0.15, 0.2) is 88.2 Å². The predicted molar refractivity (Wildman–Crippen MR) is 165 cm³/mol. The van der Waals surface area contributed by atoms with E-state index in [1.165, 1.54) is 28.8 Å². The molecule has 3 N–H and O–H groups in total. The van der Waals surface area contributed by atoms with Gasteiger partial charge in [0.1, 0.15) is 12.1 Å². The molecule has 218 valence electrons. The molecule has 1 fully saturated rings. The molecular weight excluding hydrogens is 626 g/mol. The van der Waals surface area contributed by atoms with Crippen LogP contribution < -0.4 is 10.0 Å². The maximum atomic E-state index is 13.8. The first-order valence-electron chi connectivity index (χ1n) is 13.2. The highest BCUT2D eigenvalue weighted by Gasteiger charge is 2.50. The Bertz CT molecular complexity index is 1480. The Balaban J connectivity index is 1.57. The Morgan fingerprint density at radius 1 is 1.05 bits per heavy atom. The van der Waals surface area contributed by atoms with Gasteiger partial charge in [-0.05, 0) is 68.1 Å². The summed E-state index contributed by atoms with van der Waals surface area (Å²) in [5.41, 5.74) is 2.75. The summed E-state index contributed by atoms with van der Waals surface area (Å²) in [5.74, 6) is -0.861. The van der Waals surface area contributed by atoms with Crippen molar-refractivity contribution in [1.29, 1.82) is 0 Å². The van der Waals surface area contributed by atoms with Gasteiger partial charge in [0.2, 0.25) is 15.9 Å². The van der Waals surface area contributed by atoms with Gasteiger partial charge in [-0.2, -0.15) is 0 Å². The van der Waals surface area contributed by atoms with Gasteiger partial charge in [-0.3, -0.25) is 9.59 Å². The fourth-order valence-electron chi connectivity index (χ4n) is 4.81. The van der Waals surface area contributed by atoms with E-state index in [9.17, 15) is 23.1 Å². The molecule has 0 aromatic heterocycles. The van der Waals surface area contributed by atoms with E-state index in [-0.39, 0.29) is 23.1 Å². The number of nitrogens with zero attached hydrogens (tertiary/aromatic N) is 1. The van der Waals surface area contributed by atoms with Crippen LogP contribution in [0.4, 0.5) is 0 Å². The van der Waals surface area contributed by atoms with Crippen LogP contribution in [0.3, 0.4) is 0 Å². The van der Waals surface area contributed by atoms with Crippen molar-refractivity contribution in [1.82, 2.24) is 14.9 Å². The fraction of sp³-hybridized carbons (Fsp3) is 0.333. The van der Waals surface area contributed by atoms with E-state index >= 15 is 0 Å². The highest BCUT2D eigenvalue weighted by molar-refractivity contribution is 9.10. The molecule has 0 saturated carbocycles. The Morgan fingerprint density at radius 3 is 2.34 bits per heavy atom. The number of sulfonamides is 1. The third kappa shape index (κ3) is 7.58. The number of thioether (sulfide) groups is 1. The zero-order valence-corrected chi connectivity index (χ0v) is 26.3. The summed E-state index contributed by atoms with van der Waals surface area (Å²) >= 11 is 4.73. The van der Waals surface area contributed by atoms with Crippen LogP contribution >= 0.6 is 27.7 Å². The lowest BCUT2D eigenvalue weighted by Gasteiger charge is -2.33. The van der Waals surface area contributed by atoms with Crippen LogP contribution in [-0.2, 0) is 32.6 Å². The summed E-state index contributed by atoms with van der Waals surface area (Å²) in [5, 5.41) is 14.4. The van der Waals surface area contributed by atoms with Gasteiger partial charge in [-0.1, -0.05) is 70.5 Å². The first-order chi connectivity index (χ1) is 19.4. The summed E-state index contributed by atoms with van der Waals surface area (Å²) in [7, 11) is -4.08. The smallest absolute Gasteiger partial charge is 0.254 e. The highest BCUT2D eigenvalue weighted by Crippen LogP contribution is 2.40. The topological polar surface area (TPSA) is 116 Å². The predicted octanol–water partition coefficient (Wildman–Crippen LogP) is 4.00. The number of aliphatic hydroxyl groups excluding tert-OH is 1. The molecule has 1 heterocycles. The molecule has 1 aliphatic rings. The zero-order valence-electron chi connectivity index (χ0n) is 23.1. The normalized spacial score (nSPS) is 18.1. The van der Waals surface area contributed by atoms with Gasteiger partial charge < -0.3 is 15.3 Å². The minimum Gasteiger partial charge on any atom is -0.382 e. The van der Waals surface area contributed by atoms with Crippen LogP contribution in [0.1, 0.15) is 30.5 Å². The minimum atomic E-state index is -4.08. The van der Waals surface area contributed by atoms with E-state index in [1.54, 1.807) is 36.4 Å². The molecule has 3 aromatic carbocycles. The summed E-state index contributed by atoms with van der Waals surface area (Å²) in [6.45, 7) is 6.03. The van der Waals surface area contributed by atoms with Crippen LogP contribution in [0.2, 0.25) is 0 Å². The molecule has 0 unspecified atom stereocenters. The van der Waals surface area contributed by atoms with Gasteiger partial charge in [0.05, 0.1) is 16.8 Å². The third-order valence-corrected chi connectivity index (χ3v) is 10.6. The second kappa shape index (κ2) is 13.1. The lowest BCUT2D eigenvalue weighted by atomic mass is 9.97. The summed E-state index contributed by atoms with van der Waals surface area (Å²) in [4.78, 5) is 28.6. The molecule has 3 atom stereocenters. The number of rotatable bonds is 10. The number of carbonyl (C=O) groups is 2. The molecule has 1 aliphatic heterocycles. The van der Waals surface area contributed by atoms with Crippen molar-refractivity contribution >= 4 is 49.5 Å². The average Bonchev–Trinajstić information content (AvgIpc) is 3.26. The van der Waals surface area contributed by atoms with Gasteiger partial charge in [-0.15, -0.1) is 11.8 Å². The van der Waals surface area contributed by atoms with Crippen LogP contribution in [0.25, 0.3) is 0 Å². The van der Waals surface area contributed by atoms with E-state index in [1.807, 2.05) is 51.1 Å². The van der Waals surface area contributed by atoms with E-state index in [0.717, 1.165) is 16.7 Å². The number of benzene rings is 3. The Labute approximate surface area is 254 Å². The number of aryl methyl sites for hydroxylation is 1. The lowest BCUT2D eigenvalue weighted by molar-refractivity contribution is -0.147. The SMILES string of the molecule is Cc1ccccc1CNC(=O)[C@H]1N(C(=O)[C@@H](O)[C@H](Cc2ccccc2)NS(=O)(=O)c2ccc(Br)cc2)CSC1(C)C. The van der Waals surface area contributed by atoms with Crippen LogP contribution in [0.5, 0.6) is 0 Å². The van der Waals surface area contributed by atoms with Crippen molar-refractivity contribution in [2.45, 2.75) is 61.6 Å². The number of hydrogen-bond acceptors (Lipinski definition) is 6. The number of nitrogens with one attached hydrogen (secondary N) is 2. The van der Waals surface area contributed by atoms with Gasteiger partial charge in [-0.25, -0.2) is 13.1 Å². The molecular formula is C30H34BrN3O5S2. The molecule has 11 heteroatoms. The first-order valence-corrected chi connectivity index (χ1v) is 16.4. The second-order valence-electron chi connectivity index (χ2n) is 10.5. The van der Waals surface area contributed by atoms with Gasteiger partial charge >= 0.3 is 0 Å². The number of carbonyl (C=O) groups excluding carboxylic acids is 2. The molecule has 0 spiro atoms. The molecule has 1 saturated heterocycles. The molecule has 4 rings (SSSR count). The molecule has 2 amide bonds. The highest BCUT2D eigenvalue weighted by atomic mass is 79.9. The fourth-order valence-corrected chi connectivity index (χ4v) is 7.45. The van der Waals surface area contributed by atoms with E-state index in [0.29, 0.717) is 11.0 Å². The Morgan fingerprint density at radius 2 is 1.68 bits per heavy atom. The second-order valence-corrected chi connectivity index (χ2v) is 14.8. The van der Waals surface area contributed by atoms with Gasteiger partial charge in [0, 0.05) is 15.8 Å². The molecule has 0 radical (unpaired) electrons. The molecule has 0 aliphatic carbocycles. The largest absolute Gasteiger partial charge is 0.382 e. The third-order valence-electron chi connectivity index (χ3n) is 7.15. The monoisotopic (exact) mass is 659 g/mol. The van der Waals surface area contributed by atoms with Crippen molar-refractivity contribution < 1.29 is 23.1 Å². The van der Waals surface area contributed by atoms with Crippen molar-refractivity contribution in [3.8, 4) is 0 Å². The van der Waals surface area contributed by atoms with Crippen molar-refractivity contribution in [2.24, 2.45) is 0 Å². The Hall–Kier alpha value is -2.70. The number of amides is 2. The average molecular weight is 661 g/mol. The van der Waals surface area contributed by atoms with Crippen molar-refractivity contribution in [3.05, 3.63) is 100 Å². The molecule has 41 heavy (non-hydrogen) atoms. The van der Waals surface area contributed by atoms with Crippen molar-refractivity contribution in [3.63, 3.8) is 0 Å². The lowest BCUT2D eigenvalue weighted by Crippen LogP contribution is -2.58. The number of halogens is 1. The first kappa shape index (κ1) is 31.2. The quantitative estimate of drug-likeness (QED) is 0.303. The van der Waals surface area contributed by atoms with Crippen LogP contribution in [-0.4, -0.2) is 59.1 Å². The minimum absolute atomic E-state index is 0.00438. The maximum Gasteiger partial charge on any atom is 0.254 e. The molecule has 8 nitrogen and oxygen atoms in total. The standard InChI is InChI=1S/C30H34BrN3O5S2/c1-20-9-7-8-12-22(20)18-32-28(36)27-30(2,3)40-19-34(27)29(37)26(35)25(17-21-10-5-4-6-11-21)33-41(38,39)24-15-13-23(31)14-16-24/h4-16,25-27,33,35H,17-19H2,1-3H3,(H,32,36)/t25-,26-,27+/m0/s1. The summed E-state index contributed by atoms with van der Waals surface area (Å²) in [6.07, 6.45) is -1.67.